The standard InChI is InChI=1S/C54H66ClF3N6O8S3/c1-53(2)25-23-47(39-13-17-42(55)18-14-39)41(36-53)37-62-29-31-63(32-30-62)44-19-15-40(16-20-44)52(68)60-75(71,72)46-21-22-48(49(35-46)74(69,70)54(56,57)58)59-43(38-73-45-9-5-3-6-10-45)24-26-61-27-33-64(34-28-61)50(65)11-7-4-8-12-51(66)67/h3,5-6,9-10,13-22,35,43,59H,4,7-8,11-12,23-34,36-38H2,1-2H3,(H,60,68)(H,66,67)/t43-/m1/s1. The van der Waals surface area contributed by atoms with Gasteiger partial charge in [-0.3, -0.25) is 24.2 Å². The molecule has 3 N–H and O–H groups in total. The number of hydrogen-bond donors (Lipinski definition) is 3. The minimum absolute atomic E-state index is 0.0142. The average Bonchev–Trinajstić information content (AvgIpc) is 3.37. The number of carbonyl (C=O) groups excluding carboxylic acids is 2. The van der Waals surface area contributed by atoms with Crippen LogP contribution < -0.4 is 14.9 Å². The number of nitrogens with one attached hydrogen (secondary N) is 2. The third kappa shape index (κ3) is 16.0. The summed E-state index contributed by atoms with van der Waals surface area (Å²) in [5.41, 5.74) is -1.22. The van der Waals surface area contributed by atoms with Gasteiger partial charge in [-0.2, -0.15) is 13.2 Å². The van der Waals surface area contributed by atoms with Gasteiger partial charge in [0.1, 0.15) is 4.90 Å². The third-order valence-corrected chi connectivity index (χ3v) is 18.4. The van der Waals surface area contributed by atoms with Crippen LogP contribution in [0.15, 0.2) is 117 Å². The van der Waals surface area contributed by atoms with Crippen LogP contribution in [0.1, 0.15) is 87.6 Å². The summed E-state index contributed by atoms with van der Waals surface area (Å²) in [6.07, 6.45) is 5.56. The molecule has 2 aliphatic heterocycles. The lowest BCUT2D eigenvalue weighted by molar-refractivity contribution is -0.137. The van der Waals surface area contributed by atoms with E-state index in [1.54, 1.807) is 17.0 Å². The van der Waals surface area contributed by atoms with E-state index in [4.69, 9.17) is 16.7 Å². The molecule has 0 aromatic heterocycles. The molecule has 0 spiro atoms. The number of halogens is 4. The summed E-state index contributed by atoms with van der Waals surface area (Å²) < 4.78 is 98.9. The fourth-order valence-corrected chi connectivity index (χ4v) is 12.9. The van der Waals surface area contributed by atoms with Gasteiger partial charge in [0.15, 0.2) is 0 Å². The zero-order chi connectivity index (χ0) is 54.0. The number of piperazine rings is 2. The molecule has 2 heterocycles. The molecule has 3 aliphatic rings. The minimum Gasteiger partial charge on any atom is -0.481 e. The van der Waals surface area contributed by atoms with E-state index in [1.807, 2.05) is 47.2 Å². The van der Waals surface area contributed by atoms with Crippen molar-refractivity contribution in [2.75, 3.05) is 81.4 Å². The van der Waals surface area contributed by atoms with Crippen molar-refractivity contribution in [2.24, 2.45) is 5.41 Å². The van der Waals surface area contributed by atoms with Crippen molar-refractivity contribution in [3.63, 3.8) is 0 Å². The van der Waals surface area contributed by atoms with Gasteiger partial charge >= 0.3 is 11.5 Å². The molecule has 2 fully saturated rings. The summed E-state index contributed by atoms with van der Waals surface area (Å²) in [5.74, 6) is -1.64. The Morgan fingerprint density at radius 2 is 1.45 bits per heavy atom. The summed E-state index contributed by atoms with van der Waals surface area (Å²) in [6, 6.07) is 25.4. The van der Waals surface area contributed by atoms with Crippen molar-refractivity contribution in [3.8, 4) is 0 Å². The number of hydrogen-bond acceptors (Lipinski definition) is 12. The molecule has 21 heteroatoms. The number of benzene rings is 4. The van der Waals surface area contributed by atoms with Gasteiger partial charge in [0, 0.05) is 111 Å². The average molecular weight is 1120 g/mol. The number of anilines is 2. The number of aliphatic carboxylic acids is 1. The van der Waals surface area contributed by atoms with Crippen LogP contribution in [0.25, 0.3) is 5.57 Å². The topological polar surface area (TPSA) is 177 Å². The monoisotopic (exact) mass is 1110 g/mol. The van der Waals surface area contributed by atoms with E-state index >= 15 is 0 Å². The van der Waals surface area contributed by atoms with Crippen LogP contribution >= 0.6 is 23.4 Å². The van der Waals surface area contributed by atoms with Crippen LogP contribution in [0.3, 0.4) is 0 Å². The van der Waals surface area contributed by atoms with Crippen molar-refractivity contribution in [1.82, 2.24) is 19.4 Å². The molecule has 7 rings (SSSR count). The summed E-state index contributed by atoms with van der Waals surface area (Å²) in [4.78, 5) is 44.3. The number of allylic oxidation sites excluding steroid dienone is 1. The number of carbonyl (C=O) groups is 3. The number of nitrogens with zero attached hydrogens (tertiary/aromatic N) is 4. The van der Waals surface area contributed by atoms with Crippen LogP contribution in [0.2, 0.25) is 5.02 Å². The molecule has 1 atom stereocenters. The van der Waals surface area contributed by atoms with Crippen LogP contribution in [0.4, 0.5) is 24.5 Å². The van der Waals surface area contributed by atoms with Gasteiger partial charge in [-0.25, -0.2) is 21.6 Å². The third-order valence-electron chi connectivity index (χ3n) is 14.1. The van der Waals surface area contributed by atoms with E-state index in [-0.39, 0.29) is 23.3 Å². The van der Waals surface area contributed by atoms with Gasteiger partial charge in [-0.05, 0) is 122 Å². The molecule has 0 unspecified atom stereocenters. The number of unbranched alkanes of at least 4 members (excludes halogenated alkanes) is 2. The maximum Gasteiger partial charge on any atom is 0.501 e. The number of rotatable bonds is 22. The summed E-state index contributed by atoms with van der Waals surface area (Å²) >= 11 is 7.60. The van der Waals surface area contributed by atoms with Gasteiger partial charge in [0.2, 0.25) is 5.91 Å². The Morgan fingerprint density at radius 1 is 0.800 bits per heavy atom. The highest BCUT2D eigenvalue weighted by Gasteiger charge is 2.48. The SMILES string of the molecule is CC1(C)CCC(c2ccc(Cl)cc2)=C(CN2CCN(c3ccc(C(=O)NS(=O)(=O)c4ccc(N[C@H](CCN5CCN(C(=O)CCCCCC(=O)O)CC5)CSc5ccccc5)c(S(=O)(=O)C(F)(F)F)c4)cc3)CC2)C1. The second kappa shape index (κ2) is 25.4. The fraction of sp³-hybridized carbons (Fsp3) is 0.463. The van der Waals surface area contributed by atoms with Crippen molar-refractivity contribution >= 4 is 78.0 Å². The highest BCUT2D eigenvalue weighted by atomic mass is 35.5. The highest BCUT2D eigenvalue weighted by molar-refractivity contribution is 7.99. The molecule has 4 aromatic carbocycles. The number of alkyl halides is 3. The van der Waals surface area contributed by atoms with Crippen LogP contribution in [-0.4, -0.2) is 137 Å². The Labute approximate surface area is 448 Å². The van der Waals surface area contributed by atoms with Crippen molar-refractivity contribution in [3.05, 3.63) is 119 Å². The summed E-state index contributed by atoms with van der Waals surface area (Å²) in [7, 11) is -11.0. The zero-order valence-electron chi connectivity index (χ0n) is 42.3. The quantitative estimate of drug-likeness (QED) is 0.0501. The largest absolute Gasteiger partial charge is 0.501 e. The number of carboxylic acids is 1. The van der Waals surface area contributed by atoms with Gasteiger partial charge in [-0.1, -0.05) is 67.8 Å². The molecular formula is C54H66ClF3N6O8S3. The van der Waals surface area contributed by atoms with Crippen LogP contribution in [0.5, 0.6) is 0 Å². The molecule has 0 radical (unpaired) electrons. The number of thioether (sulfide) groups is 1. The van der Waals surface area contributed by atoms with Crippen LogP contribution in [-0.2, 0) is 29.4 Å². The Balaban J connectivity index is 0.989. The molecule has 75 heavy (non-hydrogen) atoms. The lowest BCUT2D eigenvalue weighted by Gasteiger charge is -2.39. The Bertz CT molecular complexity index is 2880. The maximum atomic E-state index is 14.4. The van der Waals surface area contributed by atoms with Gasteiger partial charge in [-0.15, -0.1) is 11.8 Å². The summed E-state index contributed by atoms with van der Waals surface area (Å²) in [5, 5.41) is 12.5. The molecule has 2 amide bonds. The van der Waals surface area contributed by atoms with Gasteiger partial charge < -0.3 is 20.2 Å². The van der Waals surface area contributed by atoms with Crippen molar-refractivity contribution in [2.45, 2.75) is 97.9 Å². The molecule has 0 saturated carbocycles. The Kier molecular flexibility index (Phi) is 19.5. The summed E-state index contributed by atoms with van der Waals surface area (Å²) in [6.45, 7) is 10.9. The van der Waals surface area contributed by atoms with Gasteiger partial charge in [0.05, 0.1) is 10.6 Å². The lowest BCUT2D eigenvalue weighted by Crippen LogP contribution is -2.49. The molecule has 2 saturated heterocycles. The molecule has 4 aromatic rings. The Hall–Kier alpha value is -5.12. The molecular weight excluding hydrogens is 1050 g/mol. The van der Waals surface area contributed by atoms with E-state index in [1.165, 1.54) is 40.6 Å². The smallest absolute Gasteiger partial charge is 0.481 e. The Morgan fingerprint density at radius 3 is 2.11 bits per heavy atom. The number of sulfonamides is 1. The zero-order valence-corrected chi connectivity index (χ0v) is 45.5. The predicted octanol–water partition coefficient (Wildman–Crippen LogP) is 9.68. The van der Waals surface area contributed by atoms with E-state index < -0.39 is 58.8 Å². The first-order valence-corrected chi connectivity index (χ1v) is 29.6. The number of sulfone groups is 1. The van der Waals surface area contributed by atoms with Crippen molar-refractivity contribution < 1.29 is 49.5 Å². The van der Waals surface area contributed by atoms with Crippen molar-refractivity contribution in [1.29, 1.82) is 0 Å². The van der Waals surface area contributed by atoms with Gasteiger partial charge in [0.25, 0.3) is 25.8 Å². The first-order valence-electron chi connectivity index (χ1n) is 25.3. The maximum absolute atomic E-state index is 14.4. The normalized spacial score (nSPS) is 17.4. The van der Waals surface area contributed by atoms with Crippen LogP contribution in [0, 0.1) is 5.41 Å². The fourth-order valence-electron chi connectivity index (χ4n) is 9.77. The molecule has 1 aliphatic carbocycles. The second-order valence-electron chi connectivity index (χ2n) is 20.2. The molecule has 0 bridgehead atoms. The highest BCUT2D eigenvalue weighted by Crippen LogP contribution is 2.43. The minimum atomic E-state index is -6.13. The number of carboxylic acid groups (broad SMARTS) is 1. The predicted molar refractivity (Wildman–Crippen MR) is 288 cm³/mol. The molecule has 406 valence electrons. The van der Waals surface area contributed by atoms with E-state index in [2.05, 4.69) is 46.0 Å². The second-order valence-corrected chi connectivity index (χ2v) is 25.3. The van der Waals surface area contributed by atoms with E-state index in [0.717, 1.165) is 74.7 Å². The van der Waals surface area contributed by atoms with E-state index in [0.29, 0.717) is 81.7 Å². The first kappa shape index (κ1) is 57.6. The number of amides is 2. The first-order chi connectivity index (χ1) is 35.6. The van der Waals surface area contributed by atoms with E-state index in [9.17, 15) is 44.4 Å². The lowest BCUT2D eigenvalue weighted by atomic mass is 9.73. The molecule has 14 nitrogen and oxygen atoms in total.